The van der Waals surface area contributed by atoms with Crippen LogP contribution in [0.3, 0.4) is 0 Å². The SMILES string of the molecule is CN(C)CC[C@@]1(C)OCCC2=C1Cc1ccccc12. The van der Waals surface area contributed by atoms with Crippen LogP contribution in [-0.2, 0) is 11.2 Å². The van der Waals surface area contributed by atoms with Crippen LogP contribution in [0.5, 0.6) is 0 Å². The van der Waals surface area contributed by atoms with Gasteiger partial charge in [-0.1, -0.05) is 24.3 Å². The molecule has 0 amide bonds. The van der Waals surface area contributed by atoms with Crippen molar-refractivity contribution in [1.82, 2.24) is 4.90 Å². The molecule has 0 unspecified atom stereocenters. The van der Waals surface area contributed by atoms with Crippen molar-refractivity contribution in [2.24, 2.45) is 0 Å². The molecule has 0 saturated heterocycles. The summed E-state index contributed by atoms with van der Waals surface area (Å²) in [5.41, 5.74) is 5.97. The standard InChI is InChI=1S/C17H23NO/c1-17(9-10-18(2)3)16-12-13-6-4-5-7-14(13)15(16)8-11-19-17/h4-7H,8-12H2,1-3H3/t17-/m1/s1. The molecule has 0 saturated carbocycles. The van der Waals surface area contributed by atoms with Crippen molar-refractivity contribution in [3.63, 3.8) is 0 Å². The van der Waals surface area contributed by atoms with Gasteiger partial charge in [0.15, 0.2) is 0 Å². The first kappa shape index (κ1) is 12.9. The highest BCUT2D eigenvalue weighted by Crippen LogP contribution is 2.45. The topological polar surface area (TPSA) is 12.5 Å². The van der Waals surface area contributed by atoms with Crippen molar-refractivity contribution >= 4 is 5.57 Å². The molecule has 0 aromatic heterocycles. The highest BCUT2D eigenvalue weighted by atomic mass is 16.5. The van der Waals surface area contributed by atoms with Gasteiger partial charge in [0, 0.05) is 6.54 Å². The van der Waals surface area contributed by atoms with E-state index in [9.17, 15) is 0 Å². The fourth-order valence-corrected chi connectivity index (χ4v) is 3.35. The molecule has 2 aliphatic rings. The number of hydrogen-bond donors (Lipinski definition) is 0. The maximum atomic E-state index is 6.18. The summed E-state index contributed by atoms with van der Waals surface area (Å²) in [6.45, 7) is 4.21. The zero-order chi connectivity index (χ0) is 13.5. The summed E-state index contributed by atoms with van der Waals surface area (Å²) in [5.74, 6) is 0. The van der Waals surface area contributed by atoms with Crippen LogP contribution in [0.2, 0.25) is 0 Å². The lowest BCUT2D eigenvalue weighted by molar-refractivity contribution is -0.0182. The van der Waals surface area contributed by atoms with E-state index in [0.717, 1.165) is 32.4 Å². The lowest BCUT2D eigenvalue weighted by atomic mass is 9.85. The van der Waals surface area contributed by atoms with E-state index in [1.54, 1.807) is 5.57 Å². The molecule has 2 heteroatoms. The largest absolute Gasteiger partial charge is 0.371 e. The van der Waals surface area contributed by atoms with Crippen molar-refractivity contribution in [2.45, 2.75) is 31.8 Å². The first-order chi connectivity index (χ1) is 9.10. The number of fused-ring (bicyclic) bond motifs is 2. The predicted octanol–water partition coefficient (Wildman–Crippen LogP) is 3.13. The Hall–Kier alpha value is -1.12. The minimum atomic E-state index is -0.0725. The molecule has 102 valence electrons. The van der Waals surface area contributed by atoms with Crippen molar-refractivity contribution < 1.29 is 4.74 Å². The van der Waals surface area contributed by atoms with Crippen LogP contribution in [0.15, 0.2) is 29.8 Å². The lowest BCUT2D eigenvalue weighted by Crippen LogP contribution is -2.38. The second kappa shape index (κ2) is 4.77. The average molecular weight is 257 g/mol. The number of hydrogen-bond acceptors (Lipinski definition) is 2. The molecule has 19 heavy (non-hydrogen) atoms. The van der Waals surface area contributed by atoms with Crippen LogP contribution in [0, 0.1) is 0 Å². The molecule has 3 rings (SSSR count). The molecule has 0 spiro atoms. The van der Waals surface area contributed by atoms with Crippen LogP contribution in [0.1, 0.15) is 30.9 Å². The van der Waals surface area contributed by atoms with E-state index in [1.165, 1.54) is 16.7 Å². The summed E-state index contributed by atoms with van der Waals surface area (Å²) in [5, 5.41) is 0. The maximum absolute atomic E-state index is 6.18. The Morgan fingerprint density at radius 2 is 2.05 bits per heavy atom. The van der Waals surface area contributed by atoms with E-state index in [4.69, 9.17) is 4.74 Å². The first-order valence-electron chi connectivity index (χ1n) is 7.20. The molecule has 1 aromatic rings. The van der Waals surface area contributed by atoms with Gasteiger partial charge < -0.3 is 9.64 Å². The molecule has 1 aliphatic carbocycles. The van der Waals surface area contributed by atoms with E-state index in [1.807, 2.05) is 0 Å². The molecule has 1 aliphatic heterocycles. The normalized spacial score (nSPS) is 25.7. The number of ether oxygens (including phenoxy) is 1. The summed E-state index contributed by atoms with van der Waals surface area (Å²) in [4.78, 5) is 2.24. The Balaban J connectivity index is 1.92. The van der Waals surface area contributed by atoms with Crippen LogP contribution < -0.4 is 0 Å². The maximum Gasteiger partial charge on any atom is 0.0884 e. The van der Waals surface area contributed by atoms with E-state index in [-0.39, 0.29) is 5.60 Å². The lowest BCUT2D eigenvalue weighted by Gasteiger charge is -2.37. The van der Waals surface area contributed by atoms with Crippen molar-refractivity contribution in [3.05, 3.63) is 41.0 Å². The third-order valence-corrected chi connectivity index (χ3v) is 4.52. The number of rotatable bonds is 3. The third-order valence-electron chi connectivity index (χ3n) is 4.52. The van der Waals surface area contributed by atoms with Gasteiger partial charge in [-0.3, -0.25) is 0 Å². The summed E-state index contributed by atoms with van der Waals surface area (Å²) in [7, 11) is 4.26. The van der Waals surface area contributed by atoms with Gasteiger partial charge in [0.25, 0.3) is 0 Å². The summed E-state index contributed by atoms with van der Waals surface area (Å²) in [6, 6.07) is 8.84. The van der Waals surface area contributed by atoms with Crippen molar-refractivity contribution in [2.75, 3.05) is 27.2 Å². The molecule has 0 fully saturated rings. The molecule has 0 radical (unpaired) electrons. The average Bonchev–Trinajstić information content (AvgIpc) is 2.78. The van der Waals surface area contributed by atoms with Crippen LogP contribution >= 0.6 is 0 Å². The molecule has 2 nitrogen and oxygen atoms in total. The second-order valence-corrected chi connectivity index (χ2v) is 6.17. The Bertz CT molecular complexity index is 518. The fraction of sp³-hybridized carbons (Fsp3) is 0.529. The van der Waals surface area contributed by atoms with E-state index >= 15 is 0 Å². The Labute approximate surface area is 116 Å². The number of benzene rings is 1. The zero-order valence-corrected chi connectivity index (χ0v) is 12.2. The minimum Gasteiger partial charge on any atom is -0.371 e. The van der Waals surface area contributed by atoms with Gasteiger partial charge in [0.05, 0.1) is 12.2 Å². The molecule has 0 bridgehead atoms. The Kier molecular flexibility index (Phi) is 3.23. The molecule has 1 heterocycles. The minimum absolute atomic E-state index is 0.0725. The Morgan fingerprint density at radius 3 is 2.84 bits per heavy atom. The Morgan fingerprint density at radius 1 is 1.26 bits per heavy atom. The predicted molar refractivity (Wildman–Crippen MR) is 79.2 cm³/mol. The van der Waals surface area contributed by atoms with Gasteiger partial charge in [0.1, 0.15) is 0 Å². The quantitative estimate of drug-likeness (QED) is 0.825. The van der Waals surface area contributed by atoms with Gasteiger partial charge in [0.2, 0.25) is 0 Å². The highest BCUT2D eigenvalue weighted by Gasteiger charge is 2.38. The van der Waals surface area contributed by atoms with E-state index in [2.05, 4.69) is 50.2 Å². The van der Waals surface area contributed by atoms with Gasteiger partial charge in [-0.25, -0.2) is 0 Å². The smallest absolute Gasteiger partial charge is 0.0884 e. The van der Waals surface area contributed by atoms with E-state index in [0.29, 0.717) is 0 Å². The first-order valence-corrected chi connectivity index (χ1v) is 7.20. The molecular weight excluding hydrogens is 234 g/mol. The molecule has 0 N–H and O–H groups in total. The summed E-state index contributed by atoms with van der Waals surface area (Å²) < 4.78 is 6.18. The van der Waals surface area contributed by atoms with Gasteiger partial charge >= 0.3 is 0 Å². The van der Waals surface area contributed by atoms with Crippen LogP contribution in [-0.4, -0.2) is 37.7 Å². The van der Waals surface area contributed by atoms with E-state index < -0.39 is 0 Å². The van der Waals surface area contributed by atoms with Gasteiger partial charge in [-0.15, -0.1) is 0 Å². The summed E-state index contributed by atoms with van der Waals surface area (Å²) in [6.07, 6.45) is 3.23. The molecule has 1 aromatic carbocycles. The highest BCUT2D eigenvalue weighted by molar-refractivity contribution is 5.78. The van der Waals surface area contributed by atoms with Crippen LogP contribution in [0.25, 0.3) is 5.57 Å². The van der Waals surface area contributed by atoms with Crippen molar-refractivity contribution in [1.29, 1.82) is 0 Å². The third kappa shape index (κ3) is 2.24. The molecule has 1 atom stereocenters. The van der Waals surface area contributed by atoms with Crippen LogP contribution in [0.4, 0.5) is 0 Å². The number of nitrogens with zero attached hydrogens (tertiary/aromatic N) is 1. The van der Waals surface area contributed by atoms with Crippen molar-refractivity contribution in [3.8, 4) is 0 Å². The zero-order valence-electron chi connectivity index (χ0n) is 12.2. The molecular formula is C17H23NO. The second-order valence-electron chi connectivity index (χ2n) is 6.17. The van der Waals surface area contributed by atoms with Gasteiger partial charge in [-0.2, -0.15) is 0 Å². The fourth-order valence-electron chi connectivity index (χ4n) is 3.35. The van der Waals surface area contributed by atoms with Gasteiger partial charge in [-0.05, 0) is 62.6 Å². The summed E-state index contributed by atoms with van der Waals surface area (Å²) >= 11 is 0. The monoisotopic (exact) mass is 257 g/mol.